The fraction of sp³-hybridized carbons (Fsp3) is 0.167. The number of anilines is 1. The van der Waals surface area contributed by atoms with Gasteiger partial charge in [-0.2, -0.15) is 0 Å². The number of hydrogen-bond acceptors (Lipinski definition) is 4. The molecule has 6 heteroatoms. The zero-order valence-electron chi connectivity index (χ0n) is 17.0. The first-order valence-electron chi connectivity index (χ1n) is 9.50. The van der Waals surface area contributed by atoms with Gasteiger partial charge in [0.25, 0.3) is 0 Å². The average Bonchev–Trinajstić information content (AvgIpc) is 3.13. The van der Waals surface area contributed by atoms with E-state index >= 15 is 0 Å². The predicted molar refractivity (Wildman–Crippen MR) is 124 cm³/mol. The second-order valence-corrected chi connectivity index (χ2v) is 8.06. The molecular weight excluding hydrogens is 418 g/mol. The summed E-state index contributed by atoms with van der Waals surface area (Å²) in [6.45, 7) is 6.08. The molecule has 0 saturated heterocycles. The van der Waals surface area contributed by atoms with E-state index in [9.17, 15) is 9.59 Å². The number of amides is 1. The van der Waals surface area contributed by atoms with Crippen molar-refractivity contribution in [3.8, 4) is 11.1 Å². The highest BCUT2D eigenvalue weighted by Crippen LogP contribution is 2.37. The maximum atomic E-state index is 12.7. The molecule has 4 nitrogen and oxygen atoms in total. The van der Waals surface area contributed by atoms with Gasteiger partial charge in [0.2, 0.25) is 5.91 Å². The molecule has 0 spiro atoms. The zero-order valence-corrected chi connectivity index (χ0v) is 18.6. The van der Waals surface area contributed by atoms with E-state index in [1.807, 2.05) is 49.6 Å². The minimum absolute atomic E-state index is 0.255. The highest BCUT2D eigenvalue weighted by Gasteiger charge is 2.22. The Hall–Kier alpha value is -2.89. The van der Waals surface area contributed by atoms with Crippen LogP contribution in [0.4, 0.5) is 5.00 Å². The van der Waals surface area contributed by atoms with Gasteiger partial charge in [-0.25, -0.2) is 4.79 Å². The normalized spacial score (nSPS) is 10.9. The molecule has 0 aliphatic carbocycles. The lowest BCUT2D eigenvalue weighted by Crippen LogP contribution is -2.12. The highest BCUT2D eigenvalue weighted by molar-refractivity contribution is 7.15. The molecule has 0 atom stereocenters. The van der Waals surface area contributed by atoms with Gasteiger partial charge in [0.15, 0.2) is 0 Å². The Bertz CT molecular complexity index is 1100. The standard InChI is InChI=1S/C24H22ClNO3S/c1-4-29-24(28)22-20(18-9-5-15(2)16(3)13-18)14-30-23(22)26-21(27)12-8-17-6-10-19(25)11-7-17/h5-14H,4H2,1-3H3,(H,26,27). The van der Waals surface area contributed by atoms with Gasteiger partial charge in [0, 0.05) is 22.0 Å². The van der Waals surface area contributed by atoms with Gasteiger partial charge in [-0.05, 0) is 61.2 Å². The van der Waals surface area contributed by atoms with Crippen LogP contribution >= 0.6 is 22.9 Å². The van der Waals surface area contributed by atoms with Crippen molar-refractivity contribution in [3.05, 3.63) is 81.2 Å². The molecule has 0 unspecified atom stereocenters. The van der Waals surface area contributed by atoms with Crippen molar-refractivity contribution in [2.24, 2.45) is 0 Å². The topological polar surface area (TPSA) is 55.4 Å². The lowest BCUT2D eigenvalue weighted by molar-refractivity contribution is -0.111. The van der Waals surface area contributed by atoms with Gasteiger partial charge in [-0.15, -0.1) is 11.3 Å². The number of esters is 1. The van der Waals surface area contributed by atoms with Gasteiger partial charge in [-0.1, -0.05) is 41.9 Å². The predicted octanol–water partition coefficient (Wildman–Crippen LogP) is 6.51. The van der Waals surface area contributed by atoms with Crippen LogP contribution in [0, 0.1) is 13.8 Å². The lowest BCUT2D eigenvalue weighted by atomic mass is 9.99. The summed E-state index contributed by atoms with van der Waals surface area (Å²) in [5, 5.41) is 5.78. The van der Waals surface area contributed by atoms with Crippen molar-refractivity contribution in [2.45, 2.75) is 20.8 Å². The van der Waals surface area contributed by atoms with Crippen molar-refractivity contribution < 1.29 is 14.3 Å². The first-order valence-corrected chi connectivity index (χ1v) is 10.8. The second kappa shape index (κ2) is 9.74. The van der Waals surface area contributed by atoms with Crippen molar-refractivity contribution in [1.29, 1.82) is 0 Å². The molecule has 0 aliphatic heterocycles. The van der Waals surface area contributed by atoms with E-state index in [0.717, 1.165) is 22.3 Å². The van der Waals surface area contributed by atoms with Crippen LogP contribution in [-0.2, 0) is 9.53 Å². The minimum atomic E-state index is -0.455. The molecule has 1 aromatic heterocycles. The number of ether oxygens (including phenoxy) is 1. The minimum Gasteiger partial charge on any atom is -0.462 e. The maximum absolute atomic E-state index is 12.7. The van der Waals surface area contributed by atoms with Crippen LogP contribution < -0.4 is 5.32 Å². The quantitative estimate of drug-likeness (QED) is 0.351. The van der Waals surface area contributed by atoms with Gasteiger partial charge >= 0.3 is 5.97 Å². The Morgan fingerprint density at radius 1 is 1.10 bits per heavy atom. The third-order valence-electron chi connectivity index (χ3n) is 4.62. The third-order valence-corrected chi connectivity index (χ3v) is 5.77. The Morgan fingerprint density at radius 3 is 2.50 bits per heavy atom. The maximum Gasteiger partial charge on any atom is 0.341 e. The van der Waals surface area contributed by atoms with Crippen LogP contribution in [0.5, 0.6) is 0 Å². The number of thiophene rings is 1. The zero-order chi connectivity index (χ0) is 21.7. The van der Waals surface area contributed by atoms with Crippen LogP contribution in [0.3, 0.4) is 0 Å². The van der Waals surface area contributed by atoms with Crippen molar-refractivity contribution in [3.63, 3.8) is 0 Å². The van der Waals surface area contributed by atoms with Crippen LogP contribution in [0.25, 0.3) is 17.2 Å². The summed E-state index contributed by atoms with van der Waals surface area (Å²) in [5.41, 5.74) is 5.19. The molecule has 0 aliphatic rings. The fourth-order valence-electron chi connectivity index (χ4n) is 2.88. The van der Waals surface area contributed by atoms with Crippen LogP contribution in [-0.4, -0.2) is 18.5 Å². The van der Waals surface area contributed by atoms with E-state index in [0.29, 0.717) is 15.6 Å². The van der Waals surface area contributed by atoms with Crippen LogP contribution in [0.2, 0.25) is 5.02 Å². The Kier molecular flexibility index (Phi) is 7.08. The first kappa shape index (κ1) is 21.8. The molecule has 1 N–H and O–H groups in total. The van der Waals surface area contributed by atoms with Gasteiger partial charge in [0.05, 0.1) is 6.61 Å². The number of rotatable bonds is 6. The summed E-state index contributed by atoms with van der Waals surface area (Å²) in [6.07, 6.45) is 3.11. The van der Waals surface area contributed by atoms with E-state index in [1.165, 1.54) is 23.0 Å². The smallest absolute Gasteiger partial charge is 0.341 e. The van der Waals surface area contributed by atoms with E-state index in [4.69, 9.17) is 16.3 Å². The molecule has 0 bridgehead atoms. The summed E-state index contributed by atoms with van der Waals surface area (Å²) < 4.78 is 5.25. The molecule has 3 aromatic rings. The number of carbonyl (C=O) groups excluding carboxylic acids is 2. The number of hydrogen-bond donors (Lipinski definition) is 1. The summed E-state index contributed by atoms with van der Waals surface area (Å²) in [7, 11) is 0. The number of carbonyl (C=O) groups is 2. The Morgan fingerprint density at radius 2 is 1.83 bits per heavy atom. The molecule has 2 aromatic carbocycles. The molecule has 1 heterocycles. The molecule has 3 rings (SSSR count). The second-order valence-electron chi connectivity index (χ2n) is 6.75. The van der Waals surface area contributed by atoms with Crippen molar-refractivity contribution in [2.75, 3.05) is 11.9 Å². The van der Waals surface area contributed by atoms with Crippen molar-refractivity contribution >= 4 is 45.9 Å². The number of halogens is 1. The number of nitrogens with one attached hydrogen (secondary N) is 1. The summed E-state index contributed by atoms with van der Waals surface area (Å²) >= 11 is 7.18. The summed E-state index contributed by atoms with van der Waals surface area (Å²) in [4.78, 5) is 25.1. The molecule has 0 fully saturated rings. The monoisotopic (exact) mass is 439 g/mol. The van der Waals surface area contributed by atoms with E-state index in [-0.39, 0.29) is 12.5 Å². The van der Waals surface area contributed by atoms with Gasteiger partial charge in [-0.3, -0.25) is 4.79 Å². The molecule has 1 amide bonds. The number of aryl methyl sites for hydroxylation is 2. The van der Waals surface area contributed by atoms with Crippen molar-refractivity contribution in [1.82, 2.24) is 0 Å². The largest absolute Gasteiger partial charge is 0.462 e. The molecule has 30 heavy (non-hydrogen) atoms. The van der Waals surface area contributed by atoms with E-state index in [2.05, 4.69) is 5.32 Å². The SMILES string of the molecule is CCOC(=O)c1c(-c2ccc(C)c(C)c2)csc1NC(=O)C=Cc1ccc(Cl)cc1. The molecule has 0 saturated carbocycles. The van der Waals surface area contributed by atoms with Gasteiger partial charge < -0.3 is 10.1 Å². The number of benzene rings is 2. The summed E-state index contributed by atoms with van der Waals surface area (Å²) in [6, 6.07) is 13.2. The molecule has 0 radical (unpaired) electrons. The Labute approximate surface area is 185 Å². The third kappa shape index (κ3) is 5.17. The van der Waals surface area contributed by atoms with Gasteiger partial charge in [0.1, 0.15) is 10.6 Å². The average molecular weight is 440 g/mol. The summed E-state index contributed by atoms with van der Waals surface area (Å²) in [5.74, 6) is -0.784. The molecule has 154 valence electrons. The highest BCUT2D eigenvalue weighted by atomic mass is 35.5. The molecular formula is C24H22ClNO3S. The first-order chi connectivity index (χ1) is 14.4. The van der Waals surface area contributed by atoms with Crippen LogP contribution in [0.15, 0.2) is 53.9 Å². The van der Waals surface area contributed by atoms with E-state index < -0.39 is 5.97 Å². The van der Waals surface area contributed by atoms with E-state index in [1.54, 1.807) is 25.1 Å². The fourth-order valence-corrected chi connectivity index (χ4v) is 3.96. The van der Waals surface area contributed by atoms with Crippen LogP contribution in [0.1, 0.15) is 34.0 Å². The lowest BCUT2D eigenvalue weighted by Gasteiger charge is -2.09. The Balaban J connectivity index is 1.89.